The Labute approximate surface area is 187 Å². The van der Waals surface area contributed by atoms with Gasteiger partial charge in [0.25, 0.3) is 0 Å². The lowest BCUT2D eigenvalue weighted by Gasteiger charge is -2.39. The van der Waals surface area contributed by atoms with E-state index < -0.39 is 5.97 Å². The van der Waals surface area contributed by atoms with Gasteiger partial charge in [0.15, 0.2) is 0 Å². The Bertz CT molecular complexity index is 1110. The first-order chi connectivity index (χ1) is 15.6. The lowest BCUT2D eigenvalue weighted by Crippen LogP contribution is -2.44. The Balaban J connectivity index is 1.34. The monoisotopic (exact) mass is 435 g/mol. The molecule has 168 valence electrons. The van der Waals surface area contributed by atoms with Crippen LogP contribution in [0.5, 0.6) is 0 Å². The van der Waals surface area contributed by atoms with Crippen LogP contribution < -0.4 is 5.73 Å². The van der Waals surface area contributed by atoms with Crippen molar-refractivity contribution in [2.75, 3.05) is 39.1 Å². The molecule has 0 atom stereocenters. The van der Waals surface area contributed by atoms with Crippen LogP contribution in [-0.2, 0) is 9.47 Å². The molecule has 8 heteroatoms. The van der Waals surface area contributed by atoms with E-state index in [4.69, 9.17) is 20.3 Å². The summed E-state index contributed by atoms with van der Waals surface area (Å²) < 4.78 is 12.5. The van der Waals surface area contributed by atoms with Crippen molar-refractivity contribution in [3.63, 3.8) is 0 Å². The van der Waals surface area contributed by atoms with Crippen LogP contribution in [0.25, 0.3) is 22.0 Å². The number of anilines is 1. The van der Waals surface area contributed by atoms with Gasteiger partial charge < -0.3 is 20.1 Å². The Morgan fingerprint density at radius 1 is 1.06 bits per heavy atom. The molecule has 2 fully saturated rings. The number of likely N-dealkylation sites (tertiary alicyclic amines) is 1. The summed E-state index contributed by atoms with van der Waals surface area (Å²) in [6.07, 6.45) is 8.13. The van der Waals surface area contributed by atoms with Gasteiger partial charge in [0.05, 0.1) is 24.9 Å². The first-order valence-electron chi connectivity index (χ1n) is 11.3. The van der Waals surface area contributed by atoms with E-state index in [9.17, 15) is 4.79 Å². The highest BCUT2D eigenvalue weighted by Gasteiger charge is 2.28. The highest BCUT2D eigenvalue weighted by molar-refractivity contribution is 5.96. The minimum absolute atomic E-state index is 0.168. The van der Waals surface area contributed by atoms with Gasteiger partial charge in [0, 0.05) is 49.5 Å². The summed E-state index contributed by atoms with van der Waals surface area (Å²) in [6.45, 7) is 4.01. The molecule has 0 aliphatic carbocycles. The Hall–Kier alpha value is -2.97. The third-order valence-electron chi connectivity index (χ3n) is 6.80. The van der Waals surface area contributed by atoms with Crippen molar-refractivity contribution >= 4 is 22.7 Å². The molecule has 4 heterocycles. The van der Waals surface area contributed by atoms with Gasteiger partial charge in [0.1, 0.15) is 11.4 Å². The van der Waals surface area contributed by atoms with Gasteiger partial charge in [-0.25, -0.2) is 9.78 Å². The molecule has 1 aromatic carbocycles. The van der Waals surface area contributed by atoms with Gasteiger partial charge in [-0.2, -0.15) is 5.10 Å². The number of nitrogens with zero attached hydrogens (tertiary/aromatic N) is 4. The molecule has 0 saturated carbocycles. The molecule has 2 N–H and O–H groups in total. The third-order valence-corrected chi connectivity index (χ3v) is 6.80. The summed E-state index contributed by atoms with van der Waals surface area (Å²) in [5, 5.41) is 5.81. The molecular formula is C24H29N5O3. The smallest absolute Gasteiger partial charge is 0.341 e. The van der Waals surface area contributed by atoms with E-state index in [0.29, 0.717) is 12.1 Å². The summed E-state index contributed by atoms with van der Waals surface area (Å²) in [5.41, 5.74) is 9.03. The van der Waals surface area contributed by atoms with E-state index >= 15 is 0 Å². The van der Waals surface area contributed by atoms with E-state index in [-0.39, 0.29) is 11.4 Å². The highest BCUT2D eigenvalue weighted by atomic mass is 16.5. The number of aromatic nitrogens is 3. The van der Waals surface area contributed by atoms with E-state index in [1.165, 1.54) is 7.11 Å². The molecule has 0 radical (unpaired) electrons. The summed E-state index contributed by atoms with van der Waals surface area (Å²) >= 11 is 0. The zero-order valence-corrected chi connectivity index (χ0v) is 18.4. The number of carbonyl (C=O) groups is 1. The Morgan fingerprint density at radius 3 is 2.59 bits per heavy atom. The molecule has 0 spiro atoms. The van der Waals surface area contributed by atoms with Crippen LogP contribution in [-0.4, -0.2) is 65.1 Å². The van der Waals surface area contributed by atoms with E-state index in [1.807, 2.05) is 12.3 Å². The Kier molecular flexibility index (Phi) is 5.80. The number of piperidine rings is 1. The first kappa shape index (κ1) is 20.9. The molecule has 2 aliphatic rings. The molecule has 2 aliphatic heterocycles. The maximum absolute atomic E-state index is 12.0. The predicted molar refractivity (Wildman–Crippen MR) is 122 cm³/mol. The van der Waals surface area contributed by atoms with Crippen LogP contribution in [0.15, 0.2) is 36.7 Å². The van der Waals surface area contributed by atoms with Gasteiger partial charge in [-0.05, 0) is 49.4 Å². The molecule has 0 amide bonds. The van der Waals surface area contributed by atoms with Crippen molar-refractivity contribution in [2.45, 2.75) is 37.8 Å². The number of nitrogens with two attached hydrogens (primary N) is 1. The summed E-state index contributed by atoms with van der Waals surface area (Å²) in [5.74, 6) is -0.320. The number of methoxy groups -OCH3 is 1. The lowest BCUT2D eigenvalue weighted by atomic mass is 9.99. The first-order valence-corrected chi connectivity index (χ1v) is 11.3. The molecule has 2 saturated heterocycles. The van der Waals surface area contributed by atoms with Crippen LogP contribution in [0.4, 0.5) is 5.82 Å². The molecular weight excluding hydrogens is 406 g/mol. The number of hydrogen-bond donors (Lipinski definition) is 1. The van der Waals surface area contributed by atoms with Crippen LogP contribution in [0.3, 0.4) is 0 Å². The zero-order chi connectivity index (χ0) is 22.1. The number of pyridine rings is 1. The number of ether oxygens (including phenoxy) is 2. The fraction of sp³-hybridized carbons (Fsp3) is 0.458. The number of rotatable bonds is 4. The largest absolute Gasteiger partial charge is 0.465 e. The second-order valence-electron chi connectivity index (χ2n) is 8.62. The van der Waals surface area contributed by atoms with Crippen LogP contribution >= 0.6 is 0 Å². The van der Waals surface area contributed by atoms with Crippen molar-refractivity contribution in [2.24, 2.45) is 0 Å². The van der Waals surface area contributed by atoms with Crippen LogP contribution in [0.1, 0.15) is 42.1 Å². The number of esters is 1. The van der Waals surface area contributed by atoms with E-state index in [0.717, 1.165) is 74.0 Å². The quantitative estimate of drug-likeness (QED) is 0.628. The van der Waals surface area contributed by atoms with Crippen LogP contribution in [0, 0.1) is 0 Å². The number of benzene rings is 1. The van der Waals surface area contributed by atoms with Crippen LogP contribution in [0.2, 0.25) is 0 Å². The van der Waals surface area contributed by atoms with Gasteiger partial charge in [-0.1, -0.05) is 6.07 Å². The van der Waals surface area contributed by atoms with Gasteiger partial charge in [0.2, 0.25) is 0 Å². The van der Waals surface area contributed by atoms with Crippen molar-refractivity contribution in [3.8, 4) is 11.1 Å². The average molecular weight is 436 g/mol. The molecule has 0 bridgehead atoms. The predicted octanol–water partition coefficient (Wildman–Crippen LogP) is 3.28. The molecule has 32 heavy (non-hydrogen) atoms. The molecule has 0 unspecified atom stereocenters. The minimum atomic E-state index is -0.488. The average Bonchev–Trinajstić information content (AvgIpc) is 3.28. The Morgan fingerprint density at radius 2 is 1.84 bits per heavy atom. The normalized spacial score (nSPS) is 18.8. The number of carbonyl (C=O) groups excluding carboxylic acids is 1. The van der Waals surface area contributed by atoms with Gasteiger partial charge >= 0.3 is 5.97 Å². The molecule has 2 aromatic heterocycles. The third kappa shape index (κ3) is 3.96. The second-order valence-corrected chi connectivity index (χ2v) is 8.62. The highest BCUT2D eigenvalue weighted by Crippen LogP contribution is 2.31. The summed E-state index contributed by atoms with van der Waals surface area (Å²) in [7, 11) is 1.34. The van der Waals surface area contributed by atoms with Gasteiger partial charge in [-0.3, -0.25) is 4.68 Å². The van der Waals surface area contributed by atoms with Crippen molar-refractivity contribution in [3.05, 3.63) is 42.2 Å². The number of hydrogen-bond acceptors (Lipinski definition) is 7. The van der Waals surface area contributed by atoms with Crippen molar-refractivity contribution in [1.82, 2.24) is 19.7 Å². The topological polar surface area (TPSA) is 95.5 Å². The SMILES string of the molecule is COC(=O)c1cc(-c2ccc3c(cnn3C3CCN(C4CCOCC4)CC3)c2)cnc1N. The standard InChI is InChI=1S/C24H29N5O3/c1-31-24(30)21-13-17(14-26-23(21)25)16-2-3-22-18(12-16)15-27-29(22)20-4-8-28(9-5-20)19-6-10-32-11-7-19/h2-3,12-15,19-20H,4-11H2,1H3,(H2,25,26). The number of nitrogen functional groups attached to an aromatic ring is 1. The fourth-order valence-corrected chi connectivity index (χ4v) is 4.98. The molecule has 8 nitrogen and oxygen atoms in total. The molecule has 3 aromatic rings. The maximum atomic E-state index is 12.0. The number of fused-ring (bicyclic) bond motifs is 1. The van der Waals surface area contributed by atoms with Gasteiger partial charge in [-0.15, -0.1) is 0 Å². The zero-order valence-electron chi connectivity index (χ0n) is 18.4. The van der Waals surface area contributed by atoms with E-state index in [1.54, 1.807) is 12.3 Å². The lowest BCUT2D eigenvalue weighted by molar-refractivity contribution is 0.0215. The second kappa shape index (κ2) is 8.88. The summed E-state index contributed by atoms with van der Waals surface area (Å²) in [4.78, 5) is 18.8. The van der Waals surface area contributed by atoms with Crippen molar-refractivity contribution < 1.29 is 14.3 Å². The van der Waals surface area contributed by atoms with Crippen molar-refractivity contribution in [1.29, 1.82) is 0 Å². The van der Waals surface area contributed by atoms with E-state index in [2.05, 4.69) is 26.7 Å². The molecule has 5 rings (SSSR count). The fourth-order valence-electron chi connectivity index (χ4n) is 4.98. The maximum Gasteiger partial charge on any atom is 0.341 e. The summed E-state index contributed by atoms with van der Waals surface area (Å²) in [6, 6.07) is 9.06. The minimum Gasteiger partial charge on any atom is -0.465 e.